The number of hydrogen-bond donors (Lipinski definition) is 2. The molecule has 132 valence electrons. The molecule has 1 atom stereocenters. The summed E-state index contributed by atoms with van der Waals surface area (Å²) < 4.78 is 1.73. The standard InChI is InChI=1S/C14H24N6O.2ClH/c1-4-19(5-2)8-6-7-11(3)18-20-10-17-12-13(20)15-9-16-14(12)21;;/h9-11,18H,4-8H2,1-3H3,(H,15,16,21);2*1H. The lowest BCUT2D eigenvalue weighted by atomic mass is 10.2. The monoisotopic (exact) mass is 364 g/mol. The smallest absolute Gasteiger partial charge is 0.278 e. The van der Waals surface area contributed by atoms with Gasteiger partial charge in [-0.1, -0.05) is 13.8 Å². The van der Waals surface area contributed by atoms with Gasteiger partial charge in [0.1, 0.15) is 6.33 Å². The van der Waals surface area contributed by atoms with Crippen LogP contribution in [0.25, 0.3) is 11.2 Å². The summed E-state index contributed by atoms with van der Waals surface area (Å²) in [5, 5.41) is 0. The number of nitrogens with zero attached hydrogens (tertiary/aromatic N) is 4. The van der Waals surface area contributed by atoms with Crippen LogP contribution in [0.4, 0.5) is 0 Å². The Morgan fingerprint density at radius 2 is 2.00 bits per heavy atom. The molecule has 2 N–H and O–H groups in total. The third-order valence-electron chi connectivity index (χ3n) is 3.71. The van der Waals surface area contributed by atoms with Crippen molar-refractivity contribution in [2.45, 2.75) is 39.7 Å². The van der Waals surface area contributed by atoms with Crippen LogP contribution in [-0.4, -0.2) is 50.2 Å². The van der Waals surface area contributed by atoms with Crippen LogP contribution in [0.2, 0.25) is 0 Å². The zero-order valence-electron chi connectivity index (χ0n) is 13.8. The number of nitrogens with one attached hydrogen (secondary N) is 2. The van der Waals surface area contributed by atoms with Gasteiger partial charge in [-0.3, -0.25) is 4.79 Å². The molecule has 23 heavy (non-hydrogen) atoms. The van der Waals surface area contributed by atoms with E-state index in [-0.39, 0.29) is 30.4 Å². The van der Waals surface area contributed by atoms with E-state index in [2.05, 4.69) is 46.0 Å². The van der Waals surface area contributed by atoms with E-state index in [1.54, 1.807) is 11.0 Å². The highest BCUT2D eigenvalue weighted by molar-refractivity contribution is 5.85. The molecule has 0 saturated heterocycles. The van der Waals surface area contributed by atoms with Crippen LogP contribution in [0.1, 0.15) is 33.6 Å². The van der Waals surface area contributed by atoms with E-state index in [1.165, 1.54) is 6.33 Å². The van der Waals surface area contributed by atoms with Gasteiger partial charge in [0.25, 0.3) is 5.56 Å². The average Bonchev–Trinajstić information content (AvgIpc) is 2.88. The molecule has 2 rings (SSSR count). The third-order valence-corrected chi connectivity index (χ3v) is 3.71. The predicted molar refractivity (Wildman–Crippen MR) is 98.5 cm³/mol. The Labute approximate surface area is 148 Å². The largest absolute Gasteiger partial charge is 0.320 e. The van der Waals surface area contributed by atoms with Crippen molar-refractivity contribution in [2.75, 3.05) is 25.1 Å². The maximum Gasteiger partial charge on any atom is 0.278 e. The van der Waals surface area contributed by atoms with Gasteiger partial charge in [0.05, 0.1) is 6.33 Å². The second-order valence-corrected chi connectivity index (χ2v) is 5.22. The van der Waals surface area contributed by atoms with E-state index in [1.807, 2.05) is 0 Å². The fourth-order valence-corrected chi connectivity index (χ4v) is 2.40. The number of rotatable bonds is 8. The minimum atomic E-state index is -0.213. The van der Waals surface area contributed by atoms with Gasteiger partial charge in [-0.05, 0) is 39.4 Å². The SMILES string of the molecule is CCN(CC)CCCC(C)Nn1cnc2c(=O)[nH]cnc21.Cl.Cl. The topological polar surface area (TPSA) is 78.8 Å². The van der Waals surface area contributed by atoms with Crippen molar-refractivity contribution in [1.82, 2.24) is 24.5 Å². The van der Waals surface area contributed by atoms with Gasteiger partial charge in [0.2, 0.25) is 0 Å². The first-order valence-corrected chi connectivity index (χ1v) is 7.55. The molecule has 0 spiro atoms. The zero-order valence-corrected chi connectivity index (χ0v) is 15.4. The second-order valence-electron chi connectivity index (χ2n) is 5.22. The zero-order chi connectivity index (χ0) is 15.2. The first-order chi connectivity index (χ1) is 10.2. The van der Waals surface area contributed by atoms with Crippen LogP contribution in [0, 0.1) is 0 Å². The first-order valence-electron chi connectivity index (χ1n) is 7.55. The summed E-state index contributed by atoms with van der Waals surface area (Å²) in [6, 6.07) is 0.291. The predicted octanol–water partition coefficient (Wildman–Crippen LogP) is 2.02. The van der Waals surface area contributed by atoms with Crippen molar-refractivity contribution in [1.29, 1.82) is 0 Å². The Balaban J connectivity index is 0.00000242. The number of H-pyrrole nitrogens is 1. The van der Waals surface area contributed by atoms with Gasteiger partial charge >= 0.3 is 0 Å². The molecule has 2 aromatic rings. The van der Waals surface area contributed by atoms with Crippen LogP contribution in [0.15, 0.2) is 17.4 Å². The highest BCUT2D eigenvalue weighted by atomic mass is 35.5. The number of aromatic nitrogens is 4. The molecule has 9 heteroatoms. The minimum Gasteiger partial charge on any atom is -0.320 e. The lowest BCUT2D eigenvalue weighted by Gasteiger charge is -2.20. The molecule has 2 heterocycles. The van der Waals surface area contributed by atoms with Crippen LogP contribution in [0.3, 0.4) is 0 Å². The summed E-state index contributed by atoms with van der Waals surface area (Å²) >= 11 is 0. The maximum absolute atomic E-state index is 11.6. The number of fused-ring (bicyclic) bond motifs is 1. The van der Waals surface area contributed by atoms with E-state index in [0.717, 1.165) is 32.5 Å². The van der Waals surface area contributed by atoms with Crippen molar-refractivity contribution in [2.24, 2.45) is 0 Å². The minimum absolute atomic E-state index is 0. The molecule has 0 fully saturated rings. The Morgan fingerprint density at radius 1 is 1.30 bits per heavy atom. The van der Waals surface area contributed by atoms with Crippen molar-refractivity contribution >= 4 is 36.0 Å². The van der Waals surface area contributed by atoms with Crippen LogP contribution >= 0.6 is 24.8 Å². The summed E-state index contributed by atoms with van der Waals surface area (Å²) in [5.41, 5.74) is 4.03. The molecule has 0 amide bonds. The third kappa shape index (κ3) is 5.67. The van der Waals surface area contributed by atoms with Gasteiger partial charge in [-0.25, -0.2) is 14.6 Å². The number of hydrogen-bond acceptors (Lipinski definition) is 5. The van der Waals surface area contributed by atoms with Gasteiger partial charge < -0.3 is 15.3 Å². The number of aromatic amines is 1. The Morgan fingerprint density at radius 3 is 2.65 bits per heavy atom. The second kappa shape index (κ2) is 10.5. The molecule has 0 saturated carbocycles. The van der Waals surface area contributed by atoms with Gasteiger partial charge in [0, 0.05) is 6.04 Å². The van der Waals surface area contributed by atoms with E-state index < -0.39 is 0 Å². The maximum atomic E-state index is 11.6. The fourth-order valence-electron chi connectivity index (χ4n) is 2.40. The lowest BCUT2D eigenvalue weighted by Crippen LogP contribution is -2.28. The quantitative estimate of drug-likeness (QED) is 0.748. The molecule has 7 nitrogen and oxygen atoms in total. The molecule has 0 radical (unpaired) electrons. The Kier molecular flexibility index (Phi) is 9.87. The number of halogens is 2. The molecule has 0 bridgehead atoms. The lowest BCUT2D eigenvalue weighted by molar-refractivity contribution is 0.294. The van der Waals surface area contributed by atoms with Gasteiger partial charge in [-0.2, -0.15) is 0 Å². The molecule has 0 aliphatic heterocycles. The van der Waals surface area contributed by atoms with Gasteiger partial charge in [-0.15, -0.1) is 24.8 Å². The number of imidazole rings is 1. The molecule has 2 aromatic heterocycles. The van der Waals surface area contributed by atoms with E-state index in [0.29, 0.717) is 17.2 Å². The van der Waals surface area contributed by atoms with Crippen LogP contribution in [-0.2, 0) is 0 Å². The van der Waals surface area contributed by atoms with Crippen LogP contribution < -0.4 is 11.0 Å². The van der Waals surface area contributed by atoms with E-state index in [9.17, 15) is 4.79 Å². The van der Waals surface area contributed by atoms with E-state index in [4.69, 9.17) is 0 Å². The molecular formula is C14H26Cl2N6O. The highest BCUT2D eigenvalue weighted by Gasteiger charge is 2.09. The summed E-state index contributed by atoms with van der Waals surface area (Å²) in [4.78, 5) is 24.8. The van der Waals surface area contributed by atoms with Gasteiger partial charge in [0.15, 0.2) is 11.2 Å². The molecular weight excluding hydrogens is 339 g/mol. The summed E-state index contributed by atoms with van der Waals surface area (Å²) in [5.74, 6) is 0. The summed E-state index contributed by atoms with van der Waals surface area (Å²) in [6.07, 6.45) is 5.19. The Bertz CT molecular complexity index is 625. The van der Waals surface area contributed by atoms with E-state index >= 15 is 0 Å². The fraction of sp³-hybridized carbons (Fsp3) is 0.643. The summed E-state index contributed by atoms with van der Waals surface area (Å²) in [7, 11) is 0. The van der Waals surface area contributed by atoms with Crippen molar-refractivity contribution in [3.8, 4) is 0 Å². The molecule has 0 aromatic carbocycles. The average molecular weight is 365 g/mol. The van der Waals surface area contributed by atoms with Crippen molar-refractivity contribution < 1.29 is 0 Å². The molecule has 0 aliphatic rings. The Hall–Kier alpha value is -1.31. The highest BCUT2D eigenvalue weighted by Crippen LogP contribution is 2.05. The van der Waals surface area contributed by atoms with Crippen molar-refractivity contribution in [3.63, 3.8) is 0 Å². The molecule has 0 aliphatic carbocycles. The molecule has 1 unspecified atom stereocenters. The first kappa shape index (κ1) is 21.7. The van der Waals surface area contributed by atoms with Crippen molar-refractivity contribution in [3.05, 3.63) is 23.0 Å². The summed E-state index contributed by atoms with van der Waals surface area (Å²) in [6.45, 7) is 9.80. The normalized spacial score (nSPS) is 11.8. The van der Waals surface area contributed by atoms with Crippen LogP contribution in [0.5, 0.6) is 0 Å².